The van der Waals surface area contributed by atoms with E-state index in [2.05, 4.69) is 36.5 Å². The number of hydrogen-bond donors (Lipinski definition) is 1. The number of fused-ring (bicyclic) bond motifs is 1. The van der Waals surface area contributed by atoms with Gasteiger partial charge in [0.2, 0.25) is 0 Å². The van der Waals surface area contributed by atoms with E-state index in [1.165, 1.54) is 30.5 Å². The van der Waals surface area contributed by atoms with Gasteiger partial charge in [0.1, 0.15) is 0 Å². The van der Waals surface area contributed by atoms with E-state index in [9.17, 15) is 0 Å². The molecular formula is C14H21NO. The predicted octanol–water partition coefficient (Wildman–Crippen LogP) is 3.09. The Morgan fingerprint density at radius 2 is 2.25 bits per heavy atom. The zero-order chi connectivity index (χ0) is 11.4. The lowest BCUT2D eigenvalue weighted by Gasteiger charge is -2.28. The molecule has 0 fully saturated rings. The SMILES string of the molecule is COCC(C)CC1CCc2ccccc2N1. The first kappa shape index (κ1) is 11.5. The number of rotatable bonds is 4. The lowest BCUT2D eigenvalue weighted by molar-refractivity contribution is 0.152. The van der Waals surface area contributed by atoms with E-state index in [-0.39, 0.29) is 0 Å². The third-order valence-corrected chi connectivity index (χ3v) is 3.28. The Morgan fingerprint density at radius 1 is 1.44 bits per heavy atom. The monoisotopic (exact) mass is 219 g/mol. The molecule has 0 spiro atoms. The second-order valence-corrected chi connectivity index (χ2v) is 4.83. The molecule has 0 aromatic heterocycles. The summed E-state index contributed by atoms with van der Waals surface area (Å²) < 4.78 is 5.19. The summed E-state index contributed by atoms with van der Waals surface area (Å²) in [4.78, 5) is 0. The van der Waals surface area contributed by atoms with Crippen molar-refractivity contribution in [3.8, 4) is 0 Å². The molecule has 1 heterocycles. The second kappa shape index (κ2) is 5.35. The summed E-state index contributed by atoms with van der Waals surface area (Å²) in [5.74, 6) is 0.632. The summed E-state index contributed by atoms with van der Waals surface area (Å²) in [5.41, 5.74) is 2.78. The van der Waals surface area contributed by atoms with Crippen molar-refractivity contribution in [2.45, 2.75) is 32.2 Å². The number of anilines is 1. The van der Waals surface area contributed by atoms with Gasteiger partial charge in [-0.2, -0.15) is 0 Å². The minimum atomic E-state index is 0.611. The van der Waals surface area contributed by atoms with Crippen LogP contribution in [0.1, 0.15) is 25.3 Å². The molecule has 1 aliphatic rings. The third kappa shape index (κ3) is 2.76. The average molecular weight is 219 g/mol. The molecule has 0 saturated heterocycles. The van der Waals surface area contributed by atoms with Crippen LogP contribution in [-0.4, -0.2) is 19.8 Å². The molecule has 2 atom stereocenters. The van der Waals surface area contributed by atoms with Crippen molar-refractivity contribution < 1.29 is 4.74 Å². The summed E-state index contributed by atoms with van der Waals surface area (Å²) in [7, 11) is 1.78. The van der Waals surface area contributed by atoms with Gasteiger partial charge >= 0.3 is 0 Å². The minimum absolute atomic E-state index is 0.611. The van der Waals surface area contributed by atoms with Crippen LogP contribution in [0.4, 0.5) is 5.69 Å². The maximum absolute atomic E-state index is 5.19. The first-order valence-corrected chi connectivity index (χ1v) is 6.13. The number of benzene rings is 1. The molecular weight excluding hydrogens is 198 g/mol. The van der Waals surface area contributed by atoms with Crippen molar-refractivity contribution in [1.82, 2.24) is 0 Å². The number of ether oxygens (including phenoxy) is 1. The zero-order valence-corrected chi connectivity index (χ0v) is 10.2. The minimum Gasteiger partial charge on any atom is -0.384 e. The quantitative estimate of drug-likeness (QED) is 0.840. The van der Waals surface area contributed by atoms with Crippen molar-refractivity contribution >= 4 is 5.69 Å². The van der Waals surface area contributed by atoms with E-state index in [1.807, 2.05) is 0 Å². The Morgan fingerprint density at radius 3 is 3.06 bits per heavy atom. The normalized spacial score (nSPS) is 21.0. The van der Waals surface area contributed by atoms with Crippen LogP contribution in [0.2, 0.25) is 0 Å². The summed E-state index contributed by atoms with van der Waals surface area (Å²) in [5, 5.41) is 3.63. The average Bonchev–Trinajstić information content (AvgIpc) is 2.29. The molecule has 0 amide bonds. The van der Waals surface area contributed by atoms with Crippen molar-refractivity contribution in [2.75, 3.05) is 19.0 Å². The van der Waals surface area contributed by atoms with Crippen LogP contribution in [0, 0.1) is 5.92 Å². The van der Waals surface area contributed by atoms with Crippen LogP contribution < -0.4 is 5.32 Å². The Bertz CT molecular complexity index is 337. The van der Waals surface area contributed by atoms with Crippen LogP contribution in [0.25, 0.3) is 0 Å². The Labute approximate surface area is 98.0 Å². The van der Waals surface area contributed by atoms with Gasteiger partial charge in [0.05, 0.1) is 0 Å². The van der Waals surface area contributed by atoms with Crippen LogP contribution in [0.3, 0.4) is 0 Å². The van der Waals surface area contributed by atoms with Gasteiger partial charge in [-0.05, 0) is 36.8 Å². The first-order chi connectivity index (χ1) is 7.79. The molecule has 2 rings (SSSR count). The Hall–Kier alpha value is -1.02. The molecule has 1 aliphatic heterocycles. The topological polar surface area (TPSA) is 21.3 Å². The molecule has 1 aromatic carbocycles. The molecule has 0 aliphatic carbocycles. The van der Waals surface area contributed by atoms with Crippen LogP contribution >= 0.6 is 0 Å². The number of hydrogen-bond acceptors (Lipinski definition) is 2. The van der Waals surface area contributed by atoms with E-state index >= 15 is 0 Å². The lowest BCUT2D eigenvalue weighted by atomic mass is 9.92. The van der Waals surface area contributed by atoms with Gasteiger partial charge in [-0.1, -0.05) is 25.1 Å². The summed E-state index contributed by atoms with van der Waals surface area (Å²) in [6, 6.07) is 9.24. The zero-order valence-electron chi connectivity index (χ0n) is 10.2. The van der Waals surface area contributed by atoms with Crippen LogP contribution in [0.5, 0.6) is 0 Å². The third-order valence-electron chi connectivity index (χ3n) is 3.28. The highest BCUT2D eigenvalue weighted by Gasteiger charge is 2.18. The van der Waals surface area contributed by atoms with Crippen molar-refractivity contribution in [3.63, 3.8) is 0 Å². The molecule has 16 heavy (non-hydrogen) atoms. The molecule has 2 nitrogen and oxygen atoms in total. The maximum Gasteiger partial charge on any atom is 0.0488 e. The maximum atomic E-state index is 5.19. The largest absolute Gasteiger partial charge is 0.384 e. The standard InChI is InChI=1S/C14H21NO/c1-11(10-16-2)9-13-8-7-12-5-3-4-6-14(12)15-13/h3-6,11,13,15H,7-10H2,1-2H3. The van der Waals surface area contributed by atoms with E-state index in [4.69, 9.17) is 4.74 Å². The smallest absolute Gasteiger partial charge is 0.0488 e. The highest BCUT2D eigenvalue weighted by atomic mass is 16.5. The molecule has 2 unspecified atom stereocenters. The summed E-state index contributed by atoms with van der Waals surface area (Å²) in [6.45, 7) is 3.12. The second-order valence-electron chi connectivity index (χ2n) is 4.83. The summed E-state index contributed by atoms with van der Waals surface area (Å²) >= 11 is 0. The van der Waals surface area contributed by atoms with Gasteiger partial charge in [-0.25, -0.2) is 0 Å². The molecule has 0 radical (unpaired) electrons. The van der Waals surface area contributed by atoms with E-state index < -0.39 is 0 Å². The fourth-order valence-corrected chi connectivity index (χ4v) is 2.52. The van der Waals surface area contributed by atoms with Crippen LogP contribution in [-0.2, 0) is 11.2 Å². The fraction of sp³-hybridized carbons (Fsp3) is 0.571. The lowest BCUT2D eigenvalue weighted by Crippen LogP contribution is -2.28. The highest BCUT2D eigenvalue weighted by molar-refractivity contribution is 5.53. The van der Waals surface area contributed by atoms with E-state index in [0.717, 1.165) is 6.61 Å². The first-order valence-electron chi connectivity index (χ1n) is 6.13. The molecule has 1 N–H and O–H groups in total. The fourth-order valence-electron chi connectivity index (χ4n) is 2.52. The van der Waals surface area contributed by atoms with Crippen LogP contribution in [0.15, 0.2) is 24.3 Å². The molecule has 88 valence electrons. The van der Waals surface area contributed by atoms with Crippen molar-refractivity contribution in [1.29, 1.82) is 0 Å². The van der Waals surface area contributed by atoms with Crippen molar-refractivity contribution in [3.05, 3.63) is 29.8 Å². The van der Waals surface area contributed by atoms with Gasteiger partial charge in [-0.3, -0.25) is 0 Å². The highest BCUT2D eigenvalue weighted by Crippen LogP contribution is 2.26. The number of aryl methyl sites for hydroxylation is 1. The summed E-state index contributed by atoms with van der Waals surface area (Å²) in [6.07, 6.45) is 3.64. The van der Waals surface area contributed by atoms with Gasteiger partial charge in [0.25, 0.3) is 0 Å². The Kier molecular flexibility index (Phi) is 3.83. The molecule has 2 heteroatoms. The van der Waals surface area contributed by atoms with Gasteiger partial charge in [-0.15, -0.1) is 0 Å². The van der Waals surface area contributed by atoms with Gasteiger partial charge < -0.3 is 10.1 Å². The molecule has 0 saturated carbocycles. The number of methoxy groups -OCH3 is 1. The number of nitrogens with one attached hydrogen (secondary N) is 1. The predicted molar refractivity (Wildman–Crippen MR) is 67.8 cm³/mol. The number of para-hydroxylation sites is 1. The van der Waals surface area contributed by atoms with Gasteiger partial charge in [0.15, 0.2) is 0 Å². The van der Waals surface area contributed by atoms with E-state index in [1.54, 1.807) is 7.11 Å². The van der Waals surface area contributed by atoms with E-state index in [0.29, 0.717) is 12.0 Å². The Balaban J connectivity index is 1.92. The molecule has 0 bridgehead atoms. The van der Waals surface area contributed by atoms with Crippen molar-refractivity contribution in [2.24, 2.45) is 5.92 Å². The molecule has 1 aromatic rings. The van der Waals surface area contributed by atoms with Gasteiger partial charge in [0, 0.05) is 25.4 Å².